The molecule has 1 atom stereocenters. The van der Waals surface area contributed by atoms with Gasteiger partial charge in [0.2, 0.25) is 0 Å². The van der Waals surface area contributed by atoms with Crippen LogP contribution in [-0.2, 0) is 9.53 Å². The van der Waals surface area contributed by atoms with Crippen molar-refractivity contribution in [3.05, 3.63) is 0 Å². The number of carbonyl (C=O) groups excluding carboxylic acids is 1. The summed E-state index contributed by atoms with van der Waals surface area (Å²) in [6.45, 7) is 3.76. The molecule has 1 fully saturated rings. The van der Waals surface area contributed by atoms with E-state index in [0.29, 0.717) is 6.61 Å². The third-order valence-electron chi connectivity index (χ3n) is 4.59. The largest absolute Gasteiger partial charge is 0.464 e. The summed E-state index contributed by atoms with van der Waals surface area (Å²) in [7, 11) is 0. The molecule has 0 heterocycles. The minimum absolute atomic E-state index is 0.0426. The van der Waals surface area contributed by atoms with Crippen LogP contribution in [0.4, 0.5) is 0 Å². The number of esters is 1. The number of hydrogen-bond acceptors (Lipinski definition) is 3. The average molecular weight is 284 g/mol. The molecule has 1 N–H and O–H groups in total. The summed E-state index contributed by atoms with van der Waals surface area (Å²) < 4.78 is 5.04. The van der Waals surface area contributed by atoms with Crippen molar-refractivity contribution in [2.75, 3.05) is 6.61 Å². The Morgan fingerprint density at radius 3 is 1.80 bits per heavy atom. The number of ether oxygens (including phenoxy) is 1. The lowest BCUT2D eigenvalue weighted by Crippen LogP contribution is -2.44. The van der Waals surface area contributed by atoms with Crippen molar-refractivity contribution < 1.29 is 14.6 Å². The smallest absolute Gasteiger partial charge is 0.338 e. The summed E-state index contributed by atoms with van der Waals surface area (Å²) in [4.78, 5) is 12.0. The third kappa shape index (κ3) is 5.82. The lowest BCUT2D eigenvalue weighted by Gasteiger charge is -2.31. The Hall–Kier alpha value is -0.570. The first kappa shape index (κ1) is 17.5. The molecule has 0 aromatic rings. The van der Waals surface area contributed by atoms with Gasteiger partial charge >= 0.3 is 5.97 Å². The molecule has 1 unspecified atom stereocenters. The topological polar surface area (TPSA) is 46.5 Å². The summed E-state index contributed by atoms with van der Waals surface area (Å²) in [6.07, 6.45) is 13.1. The second-order valence-corrected chi connectivity index (χ2v) is 6.32. The van der Waals surface area contributed by atoms with Crippen LogP contribution in [0.2, 0.25) is 0 Å². The van der Waals surface area contributed by atoms with E-state index < -0.39 is 11.6 Å². The SMILES string of the molecule is CCOC(=O)C(C)(O)C1CCCCCCCCCCC1. The summed E-state index contributed by atoms with van der Waals surface area (Å²) in [5.74, 6) is -0.405. The maximum absolute atomic E-state index is 12.0. The zero-order valence-corrected chi connectivity index (χ0v) is 13.3. The van der Waals surface area contributed by atoms with Crippen molar-refractivity contribution in [2.24, 2.45) is 5.92 Å². The molecule has 0 spiro atoms. The maximum Gasteiger partial charge on any atom is 0.338 e. The van der Waals surface area contributed by atoms with E-state index in [4.69, 9.17) is 4.74 Å². The predicted molar refractivity (Wildman–Crippen MR) is 81.5 cm³/mol. The standard InChI is InChI=1S/C17H32O3/c1-3-20-16(18)17(2,19)15-13-11-9-7-5-4-6-8-10-12-14-15/h15,19H,3-14H2,1-2H3. The van der Waals surface area contributed by atoms with Gasteiger partial charge in [-0.25, -0.2) is 4.79 Å². The molecule has 0 aromatic carbocycles. The fourth-order valence-corrected chi connectivity index (χ4v) is 3.17. The first-order valence-corrected chi connectivity index (χ1v) is 8.48. The molecule has 1 aliphatic carbocycles. The Morgan fingerprint density at radius 2 is 1.40 bits per heavy atom. The number of aliphatic hydroxyl groups is 1. The van der Waals surface area contributed by atoms with Crippen LogP contribution < -0.4 is 0 Å². The molecule has 3 nitrogen and oxygen atoms in total. The summed E-state index contributed by atoms with van der Waals surface area (Å²) in [6, 6.07) is 0. The van der Waals surface area contributed by atoms with E-state index in [-0.39, 0.29) is 5.92 Å². The minimum Gasteiger partial charge on any atom is -0.464 e. The van der Waals surface area contributed by atoms with E-state index in [2.05, 4.69) is 0 Å². The van der Waals surface area contributed by atoms with Gasteiger partial charge in [0.15, 0.2) is 5.60 Å². The van der Waals surface area contributed by atoms with Crippen molar-refractivity contribution in [3.63, 3.8) is 0 Å². The molecule has 1 saturated carbocycles. The Balaban J connectivity index is 2.58. The van der Waals surface area contributed by atoms with Crippen LogP contribution in [0.1, 0.15) is 84.5 Å². The Kier molecular flexibility index (Phi) is 8.20. The van der Waals surface area contributed by atoms with Crippen molar-refractivity contribution >= 4 is 5.97 Å². The molecule has 118 valence electrons. The molecule has 0 bridgehead atoms. The van der Waals surface area contributed by atoms with Gasteiger partial charge in [-0.15, -0.1) is 0 Å². The van der Waals surface area contributed by atoms with Crippen LogP contribution in [0.3, 0.4) is 0 Å². The molecule has 0 saturated heterocycles. The van der Waals surface area contributed by atoms with Crippen molar-refractivity contribution in [1.29, 1.82) is 0 Å². The molecular weight excluding hydrogens is 252 g/mol. The molecule has 3 heteroatoms. The van der Waals surface area contributed by atoms with Crippen LogP contribution in [0.5, 0.6) is 0 Å². The van der Waals surface area contributed by atoms with Gasteiger partial charge in [0, 0.05) is 0 Å². The van der Waals surface area contributed by atoms with Crippen LogP contribution in [0.25, 0.3) is 0 Å². The summed E-state index contributed by atoms with van der Waals surface area (Å²) in [5, 5.41) is 10.6. The van der Waals surface area contributed by atoms with Crippen LogP contribution in [0.15, 0.2) is 0 Å². The molecule has 0 amide bonds. The first-order valence-electron chi connectivity index (χ1n) is 8.48. The number of hydrogen-bond donors (Lipinski definition) is 1. The highest BCUT2D eigenvalue weighted by atomic mass is 16.5. The van der Waals surface area contributed by atoms with Gasteiger partial charge in [-0.2, -0.15) is 0 Å². The summed E-state index contributed by atoms with van der Waals surface area (Å²) in [5.41, 5.74) is -1.32. The zero-order valence-electron chi connectivity index (χ0n) is 13.3. The van der Waals surface area contributed by atoms with Gasteiger partial charge in [-0.3, -0.25) is 0 Å². The fraction of sp³-hybridized carbons (Fsp3) is 0.941. The van der Waals surface area contributed by atoms with E-state index >= 15 is 0 Å². The predicted octanol–water partition coefficient (Wildman–Crippen LogP) is 4.22. The van der Waals surface area contributed by atoms with E-state index in [9.17, 15) is 9.90 Å². The van der Waals surface area contributed by atoms with Crippen LogP contribution in [-0.4, -0.2) is 23.3 Å². The molecule has 1 aliphatic rings. The minimum atomic E-state index is -1.32. The Bertz CT molecular complexity index is 261. The Labute approximate surface area is 124 Å². The quantitative estimate of drug-likeness (QED) is 0.789. The van der Waals surface area contributed by atoms with Crippen molar-refractivity contribution in [2.45, 2.75) is 90.1 Å². The molecule has 1 rings (SSSR count). The maximum atomic E-state index is 12.0. The van der Waals surface area contributed by atoms with Gasteiger partial charge < -0.3 is 9.84 Å². The van der Waals surface area contributed by atoms with Gasteiger partial charge in [0.05, 0.1) is 6.61 Å². The van der Waals surface area contributed by atoms with E-state index in [1.807, 2.05) is 0 Å². The van der Waals surface area contributed by atoms with Crippen LogP contribution >= 0.6 is 0 Å². The van der Waals surface area contributed by atoms with Gasteiger partial charge in [0.25, 0.3) is 0 Å². The molecule has 20 heavy (non-hydrogen) atoms. The van der Waals surface area contributed by atoms with E-state index in [1.54, 1.807) is 13.8 Å². The average Bonchev–Trinajstić information content (AvgIpc) is 2.39. The molecule has 0 radical (unpaired) electrons. The molecule has 0 aliphatic heterocycles. The number of carbonyl (C=O) groups is 1. The second kappa shape index (κ2) is 9.38. The van der Waals surface area contributed by atoms with E-state index in [0.717, 1.165) is 25.7 Å². The lowest BCUT2D eigenvalue weighted by atomic mass is 9.80. The van der Waals surface area contributed by atoms with Gasteiger partial charge in [0.1, 0.15) is 0 Å². The lowest BCUT2D eigenvalue weighted by molar-refractivity contribution is -0.169. The van der Waals surface area contributed by atoms with Gasteiger partial charge in [-0.1, -0.05) is 57.8 Å². The highest BCUT2D eigenvalue weighted by Gasteiger charge is 2.39. The van der Waals surface area contributed by atoms with Crippen molar-refractivity contribution in [1.82, 2.24) is 0 Å². The second-order valence-electron chi connectivity index (χ2n) is 6.32. The highest BCUT2D eigenvalue weighted by molar-refractivity contribution is 5.79. The van der Waals surface area contributed by atoms with E-state index in [1.165, 1.54) is 44.9 Å². The Morgan fingerprint density at radius 1 is 1.00 bits per heavy atom. The number of rotatable bonds is 3. The first-order chi connectivity index (χ1) is 9.59. The highest BCUT2D eigenvalue weighted by Crippen LogP contribution is 2.30. The molecular formula is C17H32O3. The zero-order chi connectivity index (χ0) is 14.8. The normalized spacial score (nSPS) is 23.1. The molecule has 0 aromatic heterocycles. The van der Waals surface area contributed by atoms with Crippen molar-refractivity contribution in [3.8, 4) is 0 Å². The van der Waals surface area contributed by atoms with Crippen LogP contribution in [0, 0.1) is 5.92 Å². The summed E-state index contributed by atoms with van der Waals surface area (Å²) >= 11 is 0. The monoisotopic (exact) mass is 284 g/mol. The third-order valence-corrected chi connectivity index (χ3v) is 4.59. The van der Waals surface area contributed by atoms with Gasteiger partial charge in [-0.05, 0) is 32.6 Å². The fourth-order valence-electron chi connectivity index (χ4n) is 3.17.